The van der Waals surface area contributed by atoms with E-state index in [9.17, 15) is 13.2 Å². The molecule has 10 heteroatoms. The summed E-state index contributed by atoms with van der Waals surface area (Å²) in [6, 6.07) is 9.61. The van der Waals surface area contributed by atoms with Crippen LogP contribution >= 0.6 is 0 Å². The van der Waals surface area contributed by atoms with Crippen molar-refractivity contribution in [3.8, 4) is 6.07 Å². The van der Waals surface area contributed by atoms with Crippen molar-refractivity contribution in [2.24, 2.45) is 0 Å². The normalized spacial score (nSPS) is 20.9. The van der Waals surface area contributed by atoms with Gasteiger partial charge in [-0.3, -0.25) is 9.71 Å². The predicted molar refractivity (Wildman–Crippen MR) is 124 cm³/mol. The number of halogens is 3. The molecule has 1 aliphatic heterocycles. The summed E-state index contributed by atoms with van der Waals surface area (Å²) in [6.45, 7) is 0.626. The second-order valence-corrected chi connectivity index (χ2v) is 9.73. The monoisotopic (exact) mass is 490 g/mol. The van der Waals surface area contributed by atoms with Crippen molar-refractivity contribution >= 4 is 0 Å². The van der Waals surface area contributed by atoms with Gasteiger partial charge in [0.1, 0.15) is 0 Å². The standard InChI is InChI=1S/C25H33F3N6O/c26-15-12-24(13-17-35-18-14-24)30-22(20-6-4-19(5-7-20)3-1-2-16-29)23-31-32-33-34(23)21-8-10-25(27,28)11-9-21/h4-7,21-22,30H,1-3,8-15,17-18H2. The molecule has 1 N–H and O–H groups in total. The maximum atomic E-state index is 13.8. The summed E-state index contributed by atoms with van der Waals surface area (Å²) in [5.74, 6) is -2.08. The lowest BCUT2D eigenvalue weighted by atomic mass is 9.85. The highest BCUT2D eigenvalue weighted by Gasteiger charge is 2.40. The molecule has 0 bridgehead atoms. The van der Waals surface area contributed by atoms with Gasteiger partial charge in [-0.15, -0.1) is 5.10 Å². The number of aryl methyl sites for hydroxylation is 1. The van der Waals surface area contributed by atoms with E-state index in [4.69, 9.17) is 10.00 Å². The summed E-state index contributed by atoms with van der Waals surface area (Å²) >= 11 is 0. The Hall–Kier alpha value is -2.51. The first-order valence-corrected chi connectivity index (χ1v) is 12.5. The van der Waals surface area contributed by atoms with E-state index >= 15 is 0 Å². The van der Waals surface area contributed by atoms with Gasteiger partial charge < -0.3 is 4.74 Å². The van der Waals surface area contributed by atoms with Gasteiger partial charge in [0.25, 0.3) is 0 Å². The van der Waals surface area contributed by atoms with Crippen LogP contribution in [0, 0.1) is 11.3 Å². The fraction of sp³-hybridized carbons (Fsp3) is 0.680. The molecule has 2 aliphatic rings. The molecule has 2 heterocycles. The molecule has 2 fully saturated rings. The van der Waals surface area contributed by atoms with E-state index in [0.29, 0.717) is 57.6 Å². The van der Waals surface area contributed by atoms with E-state index in [-0.39, 0.29) is 18.9 Å². The van der Waals surface area contributed by atoms with Crippen LogP contribution in [-0.2, 0) is 11.2 Å². The number of benzene rings is 1. The van der Waals surface area contributed by atoms with Crippen molar-refractivity contribution in [1.82, 2.24) is 25.5 Å². The van der Waals surface area contributed by atoms with Crippen LogP contribution in [0.25, 0.3) is 0 Å². The van der Waals surface area contributed by atoms with Gasteiger partial charge >= 0.3 is 0 Å². The second kappa shape index (κ2) is 11.5. The zero-order valence-electron chi connectivity index (χ0n) is 19.9. The molecule has 190 valence electrons. The van der Waals surface area contributed by atoms with Gasteiger partial charge in [-0.05, 0) is 66.5 Å². The molecule has 1 saturated heterocycles. The molecule has 1 aromatic heterocycles. The van der Waals surface area contributed by atoms with E-state index in [0.717, 1.165) is 24.0 Å². The van der Waals surface area contributed by atoms with Crippen molar-refractivity contribution in [3.63, 3.8) is 0 Å². The van der Waals surface area contributed by atoms with E-state index in [1.54, 1.807) is 4.68 Å². The second-order valence-electron chi connectivity index (χ2n) is 9.73. The number of ether oxygens (including phenoxy) is 1. The summed E-state index contributed by atoms with van der Waals surface area (Å²) in [5, 5.41) is 24.9. The topological polar surface area (TPSA) is 88.7 Å². The smallest absolute Gasteiger partial charge is 0.248 e. The SMILES string of the molecule is N#CCCCc1ccc(C(NC2(CCF)CCOCC2)c2nnnn2C2CCC(F)(F)CC2)cc1. The average Bonchev–Trinajstić information content (AvgIpc) is 3.34. The lowest BCUT2D eigenvalue weighted by molar-refractivity contribution is -0.0455. The van der Waals surface area contributed by atoms with Crippen molar-refractivity contribution in [2.45, 2.75) is 87.8 Å². The fourth-order valence-corrected chi connectivity index (χ4v) is 5.18. The molecule has 0 amide bonds. The minimum Gasteiger partial charge on any atom is -0.381 e. The Balaban J connectivity index is 1.64. The predicted octanol–water partition coefficient (Wildman–Crippen LogP) is 4.86. The van der Waals surface area contributed by atoms with E-state index in [1.165, 1.54) is 0 Å². The molecule has 0 spiro atoms. The fourth-order valence-electron chi connectivity index (χ4n) is 5.18. The zero-order chi connectivity index (χ0) is 24.7. The van der Waals surface area contributed by atoms with Gasteiger partial charge in [0.05, 0.1) is 24.8 Å². The highest BCUT2D eigenvalue weighted by molar-refractivity contribution is 5.29. The first-order valence-electron chi connectivity index (χ1n) is 12.5. The molecule has 4 rings (SSSR count). The first-order chi connectivity index (χ1) is 17.0. The van der Waals surface area contributed by atoms with Crippen molar-refractivity contribution in [3.05, 3.63) is 41.2 Å². The van der Waals surface area contributed by atoms with Gasteiger partial charge in [-0.2, -0.15) is 5.26 Å². The third kappa shape index (κ3) is 6.39. The lowest BCUT2D eigenvalue weighted by Gasteiger charge is -2.41. The summed E-state index contributed by atoms with van der Waals surface area (Å²) < 4.78 is 48.5. The summed E-state index contributed by atoms with van der Waals surface area (Å²) in [6.07, 6.45) is 4.02. The van der Waals surface area contributed by atoms with Gasteiger partial charge in [0.15, 0.2) is 5.82 Å². The number of tetrazole rings is 1. The van der Waals surface area contributed by atoms with E-state index < -0.39 is 24.2 Å². The number of rotatable bonds is 10. The van der Waals surface area contributed by atoms with Crippen molar-refractivity contribution < 1.29 is 17.9 Å². The number of nitrogens with one attached hydrogen (secondary N) is 1. The third-order valence-electron chi connectivity index (χ3n) is 7.35. The van der Waals surface area contributed by atoms with Crippen LogP contribution in [0.15, 0.2) is 24.3 Å². The number of aromatic nitrogens is 4. The zero-order valence-corrected chi connectivity index (χ0v) is 19.9. The molecule has 1 aliphatic carbocycles. The number of nitrogens with zero attached hydrogens (tertiary/aromatic N) is 5. The minimum atomic E-state index is -2.64. The minimum absolute atomic E-state index is 0.185. The molecule has 2 aromatic rings. The summed E-state index contributed by atoms with van der Waals surface area (Å²) in [5.41, 5.74) is 1.58. The quantitative estimate of drug-likeness (QED) is 0.479. The summed E-state index contributed by atoms with van der Waals surface area (Å²) in [4.78, 5) is 0. The average molecular weight is 491 g/mol. The molecule has 1 aromatic carbocycles. The molecule has 1 atom stereocenters. The third-order valence-corrected chi connectivity index (χ3v) is 7.35. The van der Waals surface area contributed by atoms with Crippen molar-refractivity contribution in [1.29, 1.82) is 5.26 Å². The number of hydrogen-bond donors (Lipinski definition) is 1. The van der Waals surface area contributed by atoms with E-state index in [2.05, 4.69) is 26.9 Å². The molecule has 7 nitrogen and oxygen atoms in total. The Morgan fingerprint density at radius 2 is 1.86 bits per heavy atom. The molecule has 1 saturated carbocycles. The molecular weight excluding hydrogens is 457 g/mol. The van der Waals surface area contributed by atoms with Gasteiger partial charge in [0, 0.05) is 38.0 Å². The molecular formula is C25H33F3N6O. The van der Waals surface area contributed by atoms with Gasteiger partial charge in [0.2, 0.25) is 5.92 Å². The number of hydrogen-bond acceptors (Lipinski definition) is 6. The Labute approximate surface area is 204 Å². The van der Waals surface area contributed by atoms with Crippen LogP contribution < -0.4 is 5.32 Å². The van der Waals surface area contributed by atoms with E-state index in [1.807, 2.05) is 24.3 Å². The number of alkyl halides is 3. The molecule has 1 unspecified atom stereocenters. The highest BCUT2D eigenvalue weighted by atomic mass is 19.3. The van der Waals surface area contributed by atoms with Gasteiger partial charge in [-0.25, -0.2) is 13.5 Å². The Morgan fingerprint density at radius 1 is 1.14 bits per heavy atom. The first kappa shape index (κ1) is 25.6. The lowest BCUT2D eigenvalue weighted by Crippen LogP contribution is -2.52. The number of nitriles is 1. The van der Waals surface area contributed by atoms with Crippen LogP contribution in [-0.4, -0.2) is 51.6 Å². The summed E-state index contributed by atoms with van der Waals surface area (Å²) in [7, 11) is 0. The van der Waals surface area contributed by atoms with Crippen LogP contribution in [0.4, 0.5) is 13.2 Å². The highest BCUT2D eigenvalue weighted by Crippen LogP contribution is 2.39. The number of unbranched alkanes of at least 4 members (excludes halogenated alkanes) is 1. The van der Waals surface area contributed by atoms with Crippen LogP contribution in [0.2, 0.25) is 0 Å². The molecule has 35 heavy (non-hydrogen) atoms. The molecule has 0 radical (unpaired) electrons. The Bertz CT molecular complexity index is 968. The van der Waals surface area contributed by atoms with Crippen LogP contribution in [0.1, 0.15) is 86.8 Å². The maximum Gasteiger partial charge on any atom is 0.248 e. The maximum absolute atomic E-state index is 13.8. The van der Waals surface area contributed by atoms with Gasteiger partial charge in [-0.1, -0.05) is 24.3 Å². The Kier molecular flexibility index (Phi) is 8.39. The Morgan fingerprint density at radius 3 is 2.51 bits per heavy atom. The van der Waals surface area contributed by atoms with Crippen LogP contribution in [0.5, 0.6) is 0 Å². The largest absolute Gasteiger partial charge is 0.381 e. The van der Waals surface area contributed by atoms with Crippen molar-refractivity contribution in [2.75, 3.05) is 19.9 Å². The van der Waals surface area contributed by atoms with Crippen LogP contribution in [0.3, 0.4) is 0 Å².